The molecule has 0 atom stereocenters. The van der Waals surface area contributed by atoms with E-state index in [1.165, 1.54) is 12.1 Å². The van der Waals surface area contributed by atoms with Crippen molar-refractivity contribution in [3.63, 3.8) is 0 Å². The number of benzene rings is 2. The molecule has 3 heterocycles. The highest BCUT2D eigenvalue weighted by Gasteiger charge is 2.17. The Labute approximate surface area is 237 Å². The molecule has 0 spiro atoms. The Morgan fingerprint density at radius 1 is 0.707 bits per heavy atom. The van der Waals surface area contributed by atoms with Crippen molar-refractivity contribution in [3.05, 3.63) is 84.3 Å². The van der Waals surface area contributed by atoms with Crippen molar-refractivity contribution in [3.8, 4) is 17.0 Å². The number of hydrogen-bond acceptors (Lipinski definition) is 6. The molecule has 7 nitrogen and oxygen atoms in total. The second-order valence-electron chi connectivity index (χ2n) is 11.0. The van der Waals surface area contributed by atoms with Gasteiger partial charge in [0.05, 0.1) is 16.6 Å². The maximum Gasteiger partial charge on any atom is 0.345 e. The number of aromatic amines is 1. The largest absolute Gasteiger partial charge is 0.508 e. The van der Waals surface area contributed by atoms with E-state index in [9.17, 15) is 19.5 Å². The van der Waals surface area contributed by atoms with E-state index in [1.807, 2.05) is 12.1 Å². The van der Waals surface area contributed by atoms with Crippen LogP contribution in [0.25, 0.3) is 44.0 Å². The highest BCUT2D eigenvalue weighted by molar-refractivity contribution is 6.06. The molecule has 0 unspecified atom stereocenters. The van der Waals surface area contributed by atoms with E-state index >= 15 is 0 Å². The van der Waals surface area contributed by atoms with Gasteiger partial charge in [-0.05, 0) is 62.4 Å². The van der Waals surface area contributed by atoms with Crippen molar-refractivity contribution in [2.24, 2.45) is 0 Å². The Morgan fingerprint density at radius 2 is 1.39 bits per heavy atom. The van der Waals surface area contributed by atoms with Crippen LogP contribution in [-0.2, 0) is 12.8 Å². The van der Waals surface area contributed by atoms with Gasteiger partial charge in [0.25, 0.3) is 0 Å². The first-order valence-corrected chi connectivity index (χ1v) is 14.7. The summed E-state index contributed by atoms with van der Waals surface area (Å²) in [4.78, 5) is 42.1. The summed E-state index contributed by atoms with van der Waals surface area (Å²) in [7, 11) is 0. The van der Waals surface area contributed by atoms with Crippen LogP contribution in [0, 0.1) is 6.92 Å². The van der Waals surface area contributed by atoms with Gasteiger partial charge in [0.15, 0.2) is 5.43 Å². The monoisotopic (exact) mass is 555 g/mol. The minimum atomic E-state index is -0.562. The predicted octanol–water partition coefficient (Wildman–Crippen LogP) is 7.67. The van der Waals surface area contributed by atoms with Gasteiger partial charge >= 0.3 is 11.3 Å². The number of rotatable bonds is 11. The van der Waals surface area contributed by atoms with Gasteiger partial charge in [-0.25, -0.2) is 9.59 Å². The van der Waals surface area contributed by atoms with E-state index in [0.717, 1.165) is 63.4 Å². The summed E-state index contributed by atoms with van der Waals surface area (Å²) in [5, 5.41) is 12.9. The van der Waals surface area contributed by atoms with Crippen molar-refractivity contribution < 1.29 is 13.9 Å². The normalized spacial score (nSPS) is 11.7. The number of unbranched alkanes of at least 4 members (excludes halogenated alkanes) is 6. The van der Waals surface area contributed by atoms with Crippen LogP contribution in [0.1, 0.15) is 82.0 Å². The Hall–Kier alpha value is -4.13. The van der Waals surface area contributed by atoms with Gasteiger partial charge in [-0.15, -0.1) is 0 Å². The van der Waals surface area contributed by atoms with Crippen LogP contribution in [0.2, 0.25) is 0 Å². The first-order valence-electron chi connectivity index (χ1n) is 14.7. The zero-order valence-corrected chi connectivity index (χ0v) is 24.0. The number of phenols is 1. The van der Waals surface area contributed by atoms with Crippen molar-refractivity contribution in [1.82, 2.24) is 4.98 Å². The molecule has 0 radical (unpaired) electrons. The molecule has 0 amide bonds. The number of nitrogens with one attached hydrogen (secondary N) is 1. The lowest BCUT2D eigenvalue weighted by atomic mass is 9.99. The van der Waals surface area contributed by atoms with E-state index in [4.69, 9.17) is 8.83 Å². The minimum absolute atomic E-state index is 0.124. The zero-order chi connectivity index (χ0) is 29.1. The molecule has 0 bridgehead atoms. The summed E-state index contributed by atoms with van der Waals surface area (Å²) < 4.78 is 11.2. The second kappa shape index (κ2) is 12.2. The smallest absolute Gasteiger partial charge is 0.345 e. The van der Waals surface area contributed by atoms with Crippen molar-refractivity contribution in [1.29, 1.82) is 0 Å². The van der Waals surface area contributed by atoms with E-state index in [-0.39, 0.29) is 16.8 Å². The maximum atomic E-state index is 13.1. The van der Waals surface area contributed by atoms with Gasteiger partial charge in [-0.3, -0.25) is 4.79 Å². The lowest BCUT2D eigenvalue weighted by Gasteiger charge is -2.11. The molecular formula is C34H37NO6. The van der Waals surface area contributed by atoms with E-state index in [2.05, 4.69) is 18.8 Å². The standard InChI is InChI=1S/C34H37NO6/c1-4-6-8-10-12-21-14-23-16-26(33(38)40-30(23)18-28(21)36)27-17-25-24-15-22(13-11-9-7-5-2)29(37)19-31(24)41-34(39)32(25)20(3)35-27/h14-19,35-36H,4-13H2,1-3H3. The molecule has 214 valence electrons. The maximum absolute atomic E-state index is 13.1. The van der Waals surface area contributed by atoms with Crippen LogP contribution in [0.3, 0.4) is 0 Å². The molecule has 5 rings (SSSR count). The minimum Gasteiger partial charge on any atom is -0.508 e. The second-order valence-corrected chi connectivity index (χ2v) is 11.0. The number of pyridine rings is 1. The van der Waals surface area contributed by atoms with Gasteiger partial charge < -0.3 is 18.9 Å². The van der Waals surface area contributed by atoms with Gasteiger partial charge in [-0.1, -0.05) is 52.4 Å². The van der Waals surface area contributed by atoms with Crippen molar-refractivity contribution in [2.45, 2.75) is 85.0 Å². The lowest BCUT2D eigenvalue weighted by Crippen LogP contribution is -2.11. The number of aromatic hydroxyl groups is 1. The fourth-order valence-corrected chi connectivity index (χ4v) is 5.66. The Bertz CT molecular complexity index is 1910. The van der Waals surface area contributed by atoms with E-state index in [1.54, 1.807) is 19.1 Å². The van der Waals surface area contributed by atoms with Gasteiger partial charge in [-0.2, -0.15) is 0 Å². The molecule has 0 aliphatic rings. The molecule has 7 heteroatoms. The first-order chi connectivity index (χ1) is 19.8. The number of phenolic OH excluding ortho intramolecular Hbond substituents is 1. The molecule has 5 aromatic rings. The number of hydrogen-bond donors (Lipinski definition) is 2. The summed E-state index contributed by atoms with van der Waals surface area (Å²) in [6.07, 6.45) is 9.92. The van der Waals surface area contributed by atoms with E-state index < -0.39 is 11.3 Å². The quantitative estimate of drug-likeness (QED) is 0.0982. The molecule has 2 aromatic carbocycles. The Balaban J connectivity index is 1.63. The molecule has 41 heavy (non-hydrogen) atoms. The fraction of sp³-hybridized carbons (Fsp3) is 0.382. The average Bonchev–Trinajstić information content (AvgIpc) is 2.93. The van der Waals surface area contributed by atoms with Crippen LogP contribution < -0.4 is 16.7 Å². The summed E-state index contributed by atoms with van der Waals surface area (Å²) in [5.41, 5.74) is 2.15. The number of fused-ring (bicyclic) bond motifs is 4. The van der Waals surface area contributed by atoms with E-state index in [0.29, 0.717) is 56.1 Å². The summed E-state index contributed by atoms with van der Waals surface area (Å²) in [6, 6.07) is 10.1. The molecule has 0 saturated heterocycles. The highest BCUT2D eigenvalue weighted by Crippen LogP contribution is 2.31. The molecule has 0 aliphatic heterocycles. The summed E-state index contributed by atoms with van der Waals surface area (Å²) in [5.74, 6) is 0.124. The SMILES string of the molecule is CCCCCCc1cc2cc(-c3cc4c(c(C)[nH]3)c(=O)oc3cc(=O)c(CCCCCC)cc34)c(=O)oc2cc1O. The molecule has 3 aromatic heterocycles. The number of H-pyrrole nitrogens is 1. The topological polar surface area (TPSA) is 114 Å². The Kier molecular flexibility index (Phi) is 8.43. The first kappa shape index (κ1) is 28.4. The molecule has 0 fully saturated rings. The molecule has 0 aliphatic carbocycles. The van der Waals surface area contributed by atoms with Gasteiger partial charge in [0.1, 0.15) is 16.9 Å². The molecule has 2 N–H and O–H groups in total. The van der Waals surface area contributed by atoms with Crippen LogP contribution in [0.5, 0.6) is 5.75 Å². The molecular weight excluding hydrogens is 518 g/mol. The number of aromatic nitrogens is 1. The van der Waals surface area contributed by atoms with Crippen molar-refractivity contribution in [2.75, 3.05) is 0 Å². The summed E-state index contributed by atoms with van der Waals surface area (Å²) >= 11 is 0. The van der Waals surface area contributed by atoms with Gasteiger partial charge in [0.2, 0.25) is 0 Å². The third kappa shape index (κ3) is 5.85. The van der Waals surface area contributed by atoms with Crippen LogP contribution in [0.15, 0.2) is 59.6 Å². The van der Waals surface area contributed by atoms with Crippen LogP contribution in [0.4, 0.5) is 0 Å². The zero-order valence-electron chi connectivity index (χ0n) is 24.0. The van der Waals surface area contributed by atoms with Crippen LogP contribution in [-0.4, -0.2) is 10.1 Å². The summed E-state index contributed by atoms with van der Waals surface area (Å²) in [6.45, 7) is 6.07. The highest BCUT2D eigenvalue weighted by atomic mass is 16.4. The molecule has 0 saturated carbocycles. The predicted molar refractivity (Wildman–Crippen MR) is 164 cm³/mol. The average molecular weight is 556 g/mol. The third-order valence-corrected chi connectivity index (χ3v) is 7.94. The number of aryl methyl sites for hydroxylation is 3. The fourth-order valence-electron chi connectivity index (χ4n) is 5.66. The van der Waals surface area contributed by atoms with Gasteiger partial charge in [0, 0.05) is 39.5 Å². The lowest BCUT2D eigenvalue weighted by molar-refractivity contribution is 0.464. The Morgan fingerprint density at radius 3 is 2.10 bits per heavy atom. The third-order valence-electron chi connectivity index (χ3n) is 7.94. The van der Waals surface area contributed by atoms with Crippen molar-refractivity contribution >= 4 is 32.7 Å². The van der Waals surface area contributed by atoms with Crippen LogP contribution >= 0.6 is 0 Å².